The van der Waals surface area contributed by atoms with Crippen molar-refractivity contribution in [3.05, 3.63) is 33.8 Å². The Morgan fingerprint density at radius 1 is 1.22 bits per heavy atom. The van der Waals surface area contributed by atoms with Crippen molar-refractivity contribution in [2.75, 3.05) is 39.8 Å². The maximum atomic E-state index is 13.4. The molecule has 1 aromatic carbocycles. The Morgan fingerprint density at radius 3 is 2.58 bits per heavy atom. The zero-order valence-electron chi connectivity index (χ0n) is 21.7. The van der Waals surface area contributed by atoms with E-state index < -0.39 is 11.9 Å². The summed E-state index contributed by atoms with van der Waals surface area (Å²) in [5.41, 5.74) is 6.36. The van der Waals surface area contributed by atoms with Crippen molar-refractivity contribution in [3.63, 3.8) is 0 Å². The maximum absolute atomic E-state index is 13.4. The molecule has 36 heavy (non-hydrogen) atoms. The number of nitrogens with one attached hydrogen (secondary N) is 2. The standard InChI is InChI=1S/C26H41Cl2N5O3/c1-18(2)11-14-33(17-24(29)34)26(36)23(9-8-21-5-4-13-32(21)3)31-25(35)16-30-12-10-19-6-7-20(27)15-22(19)28/h6-7,15,18,21,23,30H,4-5,8-14,16-17H2,1-3H3,(H2,29,34)(H,31,35)/t21-,23?/m1/s1. The van der Waals surface area contributed by atoms with Crippen LogP contribution in [0.3, 0.4) is 0 Å². The van der Waals surface area contributed by atoms with Gasteiger partial charge in [0.25, 0.3) is 0 Å². The summed E-state index contributed by atoms with van der Waals surface area (Å²) in [7, 11) is 2.09. The van der Waals surface area contributed by atoms with E-state index in [-0.39, 0.29) is 24.9 Å². The first-order valence-corrected chi connectivity index (χ1v) is 13.5. The van der Waals surface area contributed by atoms with Gasteiger partial charge in [-0.05, 0) is 82.3 Å². The SMILES string of the molecule is CC(C)CCN(CC(N)=O)C(=O)C(CC[C@H]1CCCN1C)NC(=O)CNCCc1ccc(Cl)cc1Cl. The van der Waals surface area contributed by atoms with Crippen molar-refractivity contribution in [3.8, 4) is 0 Å². The van der Waals surface area contributed by atoms with Gasteiger partial charge in [0.2, 0.25) is 17.7 Å². The molecule has 202 valence electrons. The predicted molar refractivity (Wildman–Crippen MR) is 145 cm³/mol. The second-order valence-corrected chi connectivity index (χ2v) is 10.9. The first-order chi connectivity index (χ1) is 17.1. The number of likely N-dealkylation sites (tertiary alicyclic amines) is 1. The minimum atomic E-state index is -0.703. The van der Waals surface area contributed by atoms with Gasteiger partial charge in [-0.3, -0.25) is 14.4 Å². The van der Waals surface area contributed by atoms with Gasteiger partial charge >= 0.3 is 0 Å². The lowest BCUT2D eigenvalue weighted by atomic mass is 10.0. The quantitative estimate of drug-likeness (QED) is 0.296. The van der Waals surface area contributed by atoms with Crippen molar-refractivity contribution >= 4 is 40.9 Å². The molecule has 1 aromatic rings. The molecule has 0 aromatic heterocycles. The van der Waals surface area contributed by atoms with E-state index in [4.69, 9.17) is 28.9 Å². The molecule has 0 radical (unpaired) electrons. The number of carbonyl (C=O) groups excluding carboxylic acids is 3. The molecule has 1 unspecified atom stereocenters. The molecule has 4 N–H and O–H groups in total. The highest BCUT2D eigenvalue weighted by atomic mass is 35.5. The molecule has 1 aliphatic rings. The largest absolute Gasteiger partial charge is 0.368 e. The van der Waals surface area contributed by atoms with Gasteiger partial charge in [-0.15, -0.1) is 0 Å². The molecule has 1 aliphatic heterocycles. The summed E-state index contributed by atoms with van der Waals surface area (Å²) >= 11 is 12.2. The van der Waals surface area contributed by atoms with Crippen LogP contribution in [0.25, 0.3) is 0 Å². The van der Waals surface area contributed by atoms with Gasteiger partial charge in [0, 0.05) is 22.6 Å². The monoisotopic (exact) mass is 541 g/mol. The molecule has 0 aliphatic carbocycles. The molecule has 2 atom stereocenters. The third-order valence-electron chi connectivity index (χ3n) is 6.60. The van der Waals surface area contributed by atoms with Gasteiger partial charge in [0.15, 0.2) is 0 Å². The van der Waals surface area contributed by atoms with Crippen LogP contribution in [0.1, 0.15) is 51.5 Å². The number of nitrogens with two attached hydrogens (primary N) is 1. The number of halogens is 2. The van der Waals surface area contributed by atoms with E-state index in [0.29, 0.717) is 47.9 Å². The van der Waals surface area contributed by atoms with E-state index in [1.165, 1.54) is 4.90 Å². The lowest BCUT2D eigenvalue weighted by molar-refractivity contribution is -0.139. The molecule has 1 fully saturated rings. The smallest absolute Gasteiger partial charge is 0.245 e. The number of rotatable bonds is 15. The van der Waals surface area contributed by atoms with Gasteiger partial charge in [0.05, 0.1) is 13.1 Å². The number of benzene rings is 1. The van der Waals surface area contributed by atoms with Crippen LogP contribution in [0.2, 0.25) is 10.0 Å². The van der Waals surface area contributed by atoms with Gasteiger partial charge in [-0.25, -0.2) is 0 Å². The summed E-state index contributed by atoms with van der Waals surface area (Å²) in [6, 6.07) is 5.03. The van der Waals surface area contributed by atoms with Crippen LogP contribution in [0.4, 0.5) is 0 Å². The first kappa shape index (κ1) is 30.4. The Morgan fingerprint density at radius 2 is 1.97 bits per heavy atom. The topological polar surface area (TPSA) is 108 Å². The number of amides is 3. The molecule has 0 bridgehead atoms. The summed E-state index contributed by atoms with van der Waals surface area (Å²) in [5, 5.41) is 7.19. The molecular weight excluding hydrogens is 501 g/mol. The summed E-state index contributed by atoms with van der Waals surface area (Å²) in [6.07, 6.45) is 4.91. The summed E-state index contributed by atoms with van der Waals surface area (Å²) < 4.78 is 0. The Kier molecular flexibility index (Phi) is 13.0. The Bertz CT molecular complexity index is 883. The minimum Gasteiger partial charge on any atom is -0.368 e. The molecular formula is C26H41Cl2N5O3. The Labute approximate surface area is 225 Å². The van der Waals surface area contributed by atoms with Crippen LogP contribution in [-0.4, -0.2) is 79.4 Å². The highest BCUT2D eigenvalue weighted by Gasteiger charge is 2.29. The zero-order chi connectivity index (χ0) is 26.7. The van der Waals surface area contributed by atoms with E-state index in [1.807, 2.05) is 6.07 Å². The van der Waals surface area contributed by atoms with Crippen LogP contribution in [-0.2, 0) is 20.8 Å². The Hall–Kier alpha value is -1.87. The highest BCUT2D eigenvalue weighted by molar-refractivity contribution is 6.35. The summed E-state index contributed by atoms with van der Waals surface area (Å²) in [5.74, 6) is -0.712. The van der Waals surface area contributed by atoms with Gasteiger partial charge in [0.1, 0.15) is 6.04 Å². The zero-order valence-corrected chi connectivity index (χ0v) is 23.2. The van der Waals surface area contributed by atoms with E-state index >= 15 is 0 Å². The van der Waals surface area contributed by atoms with Gasteiger partial charge in [-0.1, -0.05) is 43.1 Å². The van der Waals surface area contributed by atoms with Crippen molar-refractivity contribution in [1.82, 2.24) is 20.4 Å². The van der Waals surface area contributed by atoms with E-state index in [1.54, 1.807) is 12.1 Å². The predicted octanol–water partition coefficient (Wildman–Crippen LogP) is 2.84. The second-order valence-electron chi connectivity index (χ2n) is 10.0. The molecule has 3 amide bonds. The minimum absolute atomic E-state index is 0.0696. The molecule has 2 rings (SSSR count). The van der Waals surface area contributed by atoms with Crippen molar-refractivity contribution in [1.29, 1.82) is 0 Å². The van der Waals surface area contributed by atoms with Crippen LogP contribution in [0, 0.1) is 5.92 Å². The fourth-order valence-electron chi connectivity index (χ4n) is 4.44. The first-order valence-electron chi connectivity index (χ1n) is 12.8. The van der Waals surface area contributed by atoms with Gasteiger partial charge in [-0.2, -0.15) is 0 Å². The normalized spacial score (nSPS) is 16.8. The second kappa shape index (κ2) is 15.4. The summed E-state index contributed by atoms with van der Waals surface area (Å²) in [6.45, 7) is 6.05. The van der Waals surface area contributed by atoms with Crippen LogP contribution in [0.5, 0.6) is 0 Å². The third kappa shape index (κ3) is 10.6. The average molecular weight is 543 g/mol. The van der Waals surface area contributed by atoms with Gasteiger partial charge < -0.3 is 26.2 Å². The molecule has 1 saturated heterocycles. The lowest BCUT2D eigenvalue weighted by Gasteiger charge is -2.29. The lowest BCUT2D eigenvalue weighted by Crippen LogP contribution is -2.52. The molecule has 0 saturated carbocycles. The molecule has 10 heteroatoms. The summed E-state index contributed by atoms with van der Waals surface area (Å²) in [4.78, 5) is 41.6. The molecule has 1 heterocycles. The molecule has 8 nitrogen and oxygen atoms in total. The maximum Gasteiger partial charge on any atom is 0.245 e. The Balaban J connectivity index is 1.97. The average Bonchev–Trinajstić information content (AvgIpc) is 3.22. The number of nitrogens with zero attached hydrogens (tertiary/aromatic N) is 2. The number of hydrogen-bond donors (Lipinski definition) is 3. The van der Waals surface area contributed by atoms with Crippen molar-refractivity contribution in [2.24, 2.45) is 11.7 Å². The number of primary amides is 1. The van der Waals surface area contributed by atoms with E-state index in [9.17, 15) is 14.4 Å². The number of hydrogen-bond acceptors (Lipinski definition) is 5. The van der Waals surface area contributed by atoms with E-state index in [0.717, 1.165) is 37.8 Å². The van der Waals surface area contributed by atoms with Crippen LogP contribution in [0.15, 0.2) is 18.2 Å². The van der Waals surface area contributed by atoms with E-state index in [2.05, 4.69) is 36.4 Å². The molecule has 0 spiro atoms. The number of carbonyl (C=O) groups is 3. The van der Waals surface area contributed by atoms with Crippen LogP contribution >= 0.6 is 23.2 Å². The fraction of sp³-hybridized carbons (Fsp3) is 0.654. The third-order valence-corrected chi connectivity index (χ3v) is 7.19. The van der Waals surface area contributed by atoms with Crippen molar-refractivity contribution in [2.45, 2.75) is 64.5 Å². The van der Waals surface area contributed by atoms with Crippen molar-refractivity contribution < 1.29 is 14.4 Å². The van der Waals surface area contributed by atoms with Crippen LogP contribution < -0.4 is 16.4 Å². The fourth-order valence-corrected chi connectivity index (χ4v) is 4.95. The highest BCUT2D eigenvalue weighted by Crippen LogP contribution is 2.22.